The molecule has 0 aliphatic rings. The van der Waals surface area contributed by atoms with E-state index < -0.39 is 0 Å². The quantitative estimate of drug-likeness (QED) is 0.211. The van der Waals surface area contributed by atoms with Gasteiger partial charge in [0.1, 0.15) is 9.88 Å². The summed E-state index contributed by atoms with van der Waals surface area (Å²) in [7, 11) is 1.73. The van der Waals surface area contributed by atoms with Crippen molar-refractivity contribution in [2.24, 2.45) is 4.99 Å². The van der Waals surface area contributed by atoms with Crippen molar-refractivity contribution in [3.05, 3.63) is 57.7 Å². The molecular weight excluding hydrogens is 513 g/mol. The highest BCUT2D eigenvalue weighted by atomic mass is 127. The van der Waals surface area contributed by atoms with E-state index in [1.165, 1.54) is 11.3 Å². The average molecular weight is 539 g/mol. The zero-order valence-corrected chi connectivity index (χ0v) is 20.6. The number of guanidine groups is 1. The van der Waals surface area contributed by atoms with E-state index in [-0.39, 0.29) is 36.0 Å². The molecule has 0 spiro atoms. The molecule has 2 aromatic heterocycles. The summed E-state index contributed by atoms with van der Waals surface area (Å²) in [5.74, 6) is 0.331. The van der Waals surface area contributed by atoms with Crippen LogP contribution in [0.3, 0.4) is 0 Å². The van der Waals surface area contributed by atoms with Gasteiger partial charge in [-0.05, 0) is 38.5 Å². The molecule has 0 aliphatic carbocycles. The molecule has 1 unspecified atom stereocenters. The molecule has 0 saturated heterocycles. The number of aromatic nitrogens is 2. The number of para-hydroxylation sites is 1. The van der Waals surface area contributed by atoms with Gasteiger partial charge < -0.3 is 15.4 Å². The summed E-state index contributed by atoms with van der Waals surface area (Å²) in [5.41, 5.74) is 2.79. The van der Waals surface area contributed by atoms with Crippen LogP contribution in [0, 0.1) is 6.92 Å². The number of carbonyl (C=O) groups excluding carboxylic acids is 1. The fraction of sp³-hybridized carbons (Fsp3) is 0.333. The van der Waals surface area contributed by atoms with E-state index in [4.69, 9.17) is 4.74 Å². The van der Waals surface area contributed by atoms with Gasteiger partial charge in [-0.1, -0.05) is 18.2 Å². The molecule has 2 N–H and O–H groups in total. The third kappa shape index (κ3) is 5.66. The van der Waals surface area contributed by atoms with Gasteiger partial charge in [0.15, 0.2) is 5.96 Å². The molecule has 1 atom stereocenters. The Balaban J connectivity index is 0.00000320. The zero-order valence-electron chi connectivity index (χ0n) is 17.4. The van der Waals surface area contributed by atoms with Gasteiger partial charge in [0.25, 0.3) is 0 Å². The number of nitrogens with one attached hydrogen (secondary N) is 2. The largest absolute Gasteiger partial charge is 0.462 e. The van der Waals surface area contributed by atoms with Gasteiger partial charge in [-0.2, -0.15) is 0 Å². The number of pyridine rings is 1. The fourth-order valence-electron chi connectivity index (χ4n) is 2.94. The van der Waals surface area contributed by atoms with Crippen molar-refractivity contribution >= 4 is 58.1 Å². The molecule has 0 saturated carbocycles. The number of aryl methyl sites for hydroxylation is 1. The van der Waals surface area contributed by atoms with Crippen LogP contribution in [0.25, 0.3) is 10.9 Å². The second-order valence-electron chi connectivity index (χ2n) is 6.47. The molecule has 30 heavy (non-hydrogen) atoms. The highest BCUT2D eigenvalue weighted by Gasteiger charge is 2.20. The van der Waals surface area contributed by atoms with Crippen LogP contribution in [0.5, 0.6) is 0 Å². The Morgan fingerprint density at radius 1 is 1.30 bits per heavy atom. The number of esters is 1. The first-order valence-corrected chi connectivity index (χ1v) is 10.3. The molecule has 2 heterocycles. The highest BCUT2D eigenvalue weighted by Crippen LogP contribution is 2.24. The van der Waals surface area contributed by atoms with Crippen LogP contribution >= 0.6 is 35.3 Å². The van der Waals surface area contributed by atoms with Gasteiger partial charge in [0, 0.05) is 25.2 Å². The normalized spacial score (nSPS) is 12.2. The first-order chi connectivity index (χ1) is 14.0. The highest BCUT2D eigenvalue weighted by molar-refractivity contribution is 14.0. The summed E-state index contributed by atoms with van der Waals surface area (Å²) in [6.07, 6.45) is 1.81. The second-order valence-corrected chi connectivity index (χ2v) is 7.50. The lowest BCUT2D eigenvalue weighted by Gasteiger charge is -2.16. The lowest BCUT2D eigenvalue weighted by molar-refractivity contribution is 0.0531. The Morgan fingerprint density at radius 2 is 2.07 bits per heavy atom. The van der Waals surface area contributed by atoms with Crippen LogP contribution in [0.4, 0.5) is 0 Å². The lowest BCUT2D eigenvalue weighted by Crippen LogP contribution is -2.38. The van der Waals surface area contributed by atoms with Crippen molar-refractivity contribution in [2.75, 3.05) is 13.7 Å². The van der Waals surface area contributed by atoms with E-state index >= 15 is 0 Å². The monoisotopic (exact) mass is 539 g/mol. The van der Waals surface area contributed by atoms with E-state index in [0.717, 1.165) is 21.5 Å². The molecule has 7 nitrogen and oxygen atoms in total. The molecule has 0 bridgehead atoms. The molecule has 1 aromatic carbocycles. The van der Waals surface area contributed by atoms with E-state index in [1.807, 2.05) is 44.3 Å². The van der Waals surface area contributed by atoms with Crippen molar-refractivity contribution in [1.82, 2.24) is 20.6 Å². The maximum atomic E-state index is 12.0. The number of aliphatic imine (C=N–C) groups is 1. The molecule has 9 heteroatoms. The summed E-state index contributed by atoms with van der Waals surface area (Å²) in [6.45, 7) is 6.56. The predicted octanol–water partition coefficient (Wildman–Crippen LogP) is 4.22. The lowest BCUT2D eigenvalue weighted by atomic mass is 10.1. The van der Waals surface area contributed by atoms with Crippen molar-refractivity contribution in [2.45, 2.75) is 33.4 Å². The number of hydrogen-bond acceptors (Lipinski definition) is 6. The topological polar surface area (TPSA) is 88.5 Å². The molecule has 0 radical (unpaired) electrons. The van der Waals surface area contributed by atoms with Gasteiger partial charge in [-0.15, -0.1) is 35.3 Å². The molecule has 3 rings (SSSR count). The van der Waals surface area contributed by atoms with E-state index in [2.05, 4.69) is 31.7 Å². The SMILES string of the molecule is CCOC(=O)c1sc(C(C)NC(=NC)NCc2ccnc3ccccc23)nc1C.I. The van der Waals surface area contributed by atoms with Crippen molar-refractivity contribution < 1.29 is 9.53 Å². The number of benzene rings is 1. The first kappa shape index (κ1) is 24.0. The Morgan fingerprint density at radius 3 is 2.80 bits per heavy atom. The van der Waals surface area contributed by atoms with Crippen LogP contribution in [-0.4, -0.2) is 35.6 Å². The Kier molecular flexibility index (Phi) is 8.97. The third-order valence-electron chi connectivity index (χ3n) is 4.41. The van der Waals surface area contributed by atoms with E-state index in [1.54, 1.807) is 14.0 Å². The smallest absolute Gasteiger partial charge is 0.350 e. The van der Waals surface area contributed by atoms with Gasteiger partial charge in [0.2, 0.25) is 0 Å². The van der Waals surface area contributed by atoms with Crippen LogP contribution in [0.15, 0.2) is 41.5 Å². The van der Waals surface area contributed by atoms with Crippen LogP contribution < -0.4 is 10.6 Å². The van der Waals surface area contributed by atoms with Crippen molar-refractivity contribution in [3.8, 4) is 0 Å². The maximum Gasteiger partial charge on any atom is 0.350 e. The average Bonchev–Trinajstić information content (AvgIpc) is 3.13. The number of thiazole rings is 1. The van der Waals surface area contributed by atoms with Crippen LogP contribution in [0.2, 0.25) is 0 Å². The Labute approximate surface area is 197 Å². The number of nitrogens with zero attached hydrogens (tertiary/aromatic N) is 3. The summed E-state index contributed by atoms with van der Waals surface area (Å²) < 4.78 is 5.10. The maximum absolute atomic E-state index is 12.0. The van der Waals surface area contributed by atoms with Crippen molar-refractivity contribution in [1.29, 1.82) is 0 Å². The fourth-order valence-corrected chi connectivity index (χ4v) is 3.90. The second kappa shape index (κ2) is 11.2. The number of fused-ring (bicyclic) bond motifs is 1. The molecule has 160 valence electrons. The number of ether oxygens (including phenoxy) is 1. The number of hydrogen-bond donors (Lipinski definition) is 2. The van der Waals surface area contributed by atoms with Gasteiger partial charge in [-0.25, -0.2) is 9.78 Å². The van der Waals surface area contributed by atoms with Gasteiger partial charge in [0.05, 0.1) is 23.9 Å². The molecule has 0 amide bonds. The van der Waals surface area contributed by atoms with Gasteiger partial charge >= 0.3 is 5.97 Å². The summed E-state index contributed by atoms with van der Waals surface area (Å²) in [4.78, 5) is 25.8. The minimum absolute atomic E-state index is 0. The minimum Gasteiger partial charge on any atom is -0.462 e. The molecular formula is C21H26IN5O2S. The van der Waals surface area contributed by atoms with E-state index in [0.29, 0.717) is 29.7 Å². The van der Waals surface area contributed by atoms with E-state index in [9.17, 15) is 4.79 Å². The summed E-state index contributed by atoms with van der Waals surface area (Å²) >= 11 is 1.35. The van der Waals surface area contributed by atoms with Crippen LogP contribution in [-0.2, 0) is 11.3 Å². The molecule has 0 fully saturated rings. The molecule has 3 aromatic rings. The number of carbonyl (C=O) groups is 1. The van der Waals surface area contributed by atoms with Gasteiger partial charge in [-0.3, -0.25) is 9.98 Å². The van der Waals surface area contributed by atoms with Crippen LogP contribution in [0.1, 0.15) is 45.8 Å². The number of halogens is 1. The standard InChI is InChI=1S/C21H25N5O2S.HI/c1-5-28-20(27)18-13(2)25-19(29-18)14(3)26-21(22-4)24-12-15-10-11-23-17-9-7-6-8-16(15)17;/h6-11,14H,5,12H2,1-4H3,(H2,22,24,26);1H. The minimum atomic E-state index is -0.326. The zero-order chi connectivity index (χ0) is 20.8. The van der Waals surface area contributed by atoms with Crippen molar-refractivity contribution in [3.63, 3.8) is 0 Å². The Bertz CT molecular complexity index is 1030. The molecule has 0 aliphatic heterocycles. The number of rotatable bonds is 6. The first-order valence-electron chi connectivity index (χ1n) is 9.47. The summed E-state index contributed by atoms with van der Waals surface area (Å²) in [5, 5.41) is 8.59. The Hall–Kier alpha value is -2.27. The third-order valence-corrected chi connectivity index (χ3v) is 5.73. The summed E-state index contributed by atoms with van der Waals surface area (Å²) in [6, 6.07) is 9.95. The predicted molar refractivity (Wildman–Crippen MR) is 132 cm³/mol.